The minimum absolute atomic E-state index is 0.304. The number of halogens is 2. The number of aromatic nitrogens is 2. The maximum Gasteiger partial charge on any atom is 0.0766 e. The van der Waals surface area contributed by atoms with Crippen LogP contribution >= 0.6 is 31.9 Å². The van der Waals surface area contributed by atoms with E-state index in [1.54, 1.807) is 0 Å². The molecule has 1 aromatic heterocycles. The summed E-state index contributed by atoms with van der Waals surface area (Å²) in [5, 5.41) is 4.52. The summed E-state index contributed by atoms with van der Waals surface area (Å²) in [6.45, 7) is 8.94. The van der Waals surface area contributed by atoms with Crippen LogP contribution in [0, 0.1) is 5.41 Å². The Kier molecular flexibility index (Phi) is 5.26. The fourth-order valence-corrected chi connectivity index (χ4v) is 2.83. The van der Waals surface area contributed by atoms with E-state index in [4.69, 9.17) is 0 Å². The van der Waals surface area contributed by atoms with E-state index in [1.807, 2.05) is 11.7 Å². The highest BCUT2D eigenvalue weighted by molar-refractivity contribution is 9.10. The van der Waals surface area contributed by atoms with E-state index in [2.05, 4.69) is 64.7 Å². The lowest BCUT2D eigenvalue weighted by Gasteiger charge is -2.25. The van der Waals surface area contributed by atoms with Crippen LogP contribution in [0.4, 0.5) is 0 Å². The third-order valence-electron chi connectivity index (χ3n) is 3.08. The van der Waals surface area contributed by atoms with Crippen molar-refractivity contribution < 1.29 is 0 Å². The Morgan fingerprint density at radius 2 is 1.94 bits per heavy atom. The molecule has 1 heterocycles. The van der Waals surface area contributed by atoms with E-state index in [0.717, 1.165) is 25.0 Å². The van der Waals surface area contributed by atoms with Gasteiger partial charge in [-0.05, 0) is 40.6 Å². The van der Waals surface area contributed by atoms with Crippen molar-refractivity contribution in [3.8, 4) is 0 Å². The fourth-order valence-electron chi connectivity index (χ4n) is 1.79. The van der Waals surface area contributed by atoms with Crippen LogP contribution in [0.25, 0.3) is 0 Å². The molecule has 0 amide bonds. The van der Waals surface area contributed by atoms with Gasteiger partial charge in [0.1, 0.15) is 0 Å². The number of rotatable bonds is 4. The van der Waals surface area contributed by atoms with Crippen molar-refractivity contribution in [1.82, 2.24) is 9.78 Å². The predicted octanol–water partition coefficient (Wildman–Crippen LogP) is 4.49. The second-order valence-electron chi connectivity index (χ2n) is 5.56. The van der Waals surface area contributed by atoms with Crippen molar-refractivity contribution in [1.29, 1.82) is 0 Å². The molecule has 17 heavy (non-hydrogen) atoms. The summed E-state index contributed by atoms with van der Waals surface area (Å²) in [5.74, 6) is 0. The lowest BCUT2D eigenvalue weighted by molar-refractivity contribution is 0.383. The van der Waals surface area contributed by atoms with Crippen LogP contribution in [-0.2, 0) is 19.9 Å². The van der Waals surface area contributed by atoms with Gasteiger partial charge in [-0.25, -0.2) is 0 Å². The monoisotopic (exact) mass is 364 g/mol. The Balaban J connectivity index is 2.73. The van der Waals surface area contributed by atoms with Gasteiger partial charge < -0.3 is 0 Å². The second kappa shape index (κ2) is 5.87. The SMILES string of the molecule is CCc1nn(C)c(CCC(Br)C(C)(C)C)c1Br. The highest BCUT2D eigenvalue weighted by atomic mass is 79.9. The summed E-state index contributed by atoms with van der Waals surface area (Å²) in [6.07, 6.45) is 3.16. The van der Waals surface area contributed by atoms with Gasteiger partial charge in [0.2, 0.25) is 0 Å². The van der Waals surface area contributed by atoms with Gasteiger partial charge in [-0.2, -0.15) is 5.10 Å². The molecule has 0 N–H and O–H groups in total. The number of alkyl halides is 1. The van der Waals surface area contributed by atoms with Crippen LogP contribution in [0.3, 0.4) is 0 Å². The fraction of sp³-hybridized carbons (Fsp3) is 0.769. The predicted molar refractivity (Wildman–Crippen MR) is 80.8 cm³/mol. The first-order valence-electron chi connectivity index (χ1n) is 6.11. The summed E-state index contributed by atoms with van der Waals surface area (Å²) in [6, 6.07) is 0. The van der Waals surface area contributed by atoms with Crippen LogP contribution < -0.4 is 0 Å². The van der Waals surface area contributed by atoms with Crippen LogP contribution in [0.5, 0.6) is 0 Å². The van der Waals surface area contributed by atoms with Crippen LogP contribution in [0.2, 0.25) is 0 Å². The van der Waals surface area contributed by atoms with Crippen molar-refractivity contribution in [3.63, 3.8) is 0 Å². The lowest BCUT2D eigenvalue weighted by Crippen LogP contribution is -2.21. The third-order valence-corrected chi connectivity index (χ3v) is 5.82. The molecule has 98 valence electrons. The number of hydrogen-bond acceptors (Lipinski definition) is 1. The topological polar surface area (TPSA) is 17.8 Å². The lowest BCUT2D eigenvalue weighted by atomic mass is 9.89. The maximum absolute atomic E-state index is 4.52. The molecule has 0 saturated heterocycles. The Morgan fingerprint density at radius 3 is 2.35 bits per heavy atom. The van der Waals surface area contributed by atoms with Gasteiger partial charge in [-0.15, -0.1) is 0 Å². The van der Waals surface area contributed by atoms with Crippen molar-refractivity contribution in [2.45, 2.75) is 51.8 Å². The molecule has 1 unspecified atom stereocenters. The van der Waals surface area contributed by atoms with Crippen molar-refractivity contribution in [2.24, 2.45) is 12.5 Å². The van der Waals surface area contributed by atoms with Gasteiger partial charge in [-0.3, -0.25) is 4.68 Å². The summed E-state index contributed by atoms with van der Waals surface area (Å²) < 4.78 is 3.20. The minimum atomic E-state index is 0.304. The highest BCUT2D eigenvalue weighted by Crippen LogP contribution is 2.31. The molecule has 0 aromatic carbocycles. The van der Waals surface area contributed by atoms with E-state index in [0.29, 0.717) is 10.2 Å². The summed E-state index contributed by atoms with van der Waals surface area (Å²) in [5.41, 5.74) is 2.76. The van der Waals surface area contributed by atoms with E-state index >= 15 is 0 Å². The van der Waals surface area contributed by atoms with Gasteiger partial charge in [0.05, 0.1) is 15.9 Å². The van der Waals surface area contributed by atoms with Crippen LogP contribution in [0.15, 0.2) is 4.47 Å². The van der Waals surface area contributed by atoms with Gasteiger partial charge in [-0.1, -0.05) is 43.6 Å². The standard InChI is InChI=1S/C13H22Br2N2/c1-6-9-12(15)10(17(5)16-9)7-8-11(14)13(2,3)4/h11H,6-8H2,1-5H3. The summed E-state index contributed by atoms with van der Waals surface area (Å²) >= 11 is 7.45. The van der Waals surface area contributed by atoms with Gasteiger partial charge in [0, 0.05) is 11.9 Å². The Morgan fingerprint density at radius 1 is 1.35 bits per heavy atom. The molecule has 0 aliphatic heterocycles. The largest absolute Gasteiger partial charge is 0.271 e. The molecular weight excluding hydrogens is 344 g/mol. The highest BCUT2D eigenvalue weighted by Gasteiger charge is 2.22. The van der Waals surface area contributed by atoms with Gasteiger partial charge in [0.15, 0.2) is 0 Å². The maximum atomic E-state index is 4.52. The molecule has 0 fully saturated rings. The first-order chi connectivity index (χ1) is 7.77. The molecular formula is C13H22Br2N2. The zero-order valence-electron chi connectivity index (χ0n) is 11.3. The zero-order valence-corrected chi connectivity index (χ0v) is 14.5. The molecule has 0 bridgehead atoms. The normalized spacial score (nSPS) is 14.1. The van der Waals surface area contributed by atoms with Crippen LogP contribution in [-0.4, -0.2) is 14.6 Å². The molecule has 2 nitrogen and oxygen atoms in total. The van der Waals surface area contributed by atoms with Crippen molar-refractivity contribution in [3.05, 3.63) is 15.9 Å². The van der Waals surface area contributed by atoms with Crippen molar-refractivity contribution >= 4 is 31.9 Å². The summed E-state index contributed by atoms with van der Waals surface area (Å²) in [4.78, 5) is 0.530. The Labute approximate surface area is 121 Å². The molecule has 0 aliphatic rings. The summed E-state index contributed by atoms with van der Waals surface area (Å²) in [7, 11) is 2.03. The third kappa shape index (κ3) is 3.82. The minimum Gasteiger partial charge on any atom is -0.271 e. The molecule has 1 rings (SSSR count). The number of hydrogen-bond donors (Lipinski definition) is 0. The first-order valence-corrected chi connectivity index (χ1v) is 7.82. The van der Waals surface area contributed by atoms with E-state index in [1.165, 1.54) is 10.2 Å². The zero-order chi connectivity index (χ0) is 13.2. The molecule has 0 spiro atoms. The number of aryl methyl sites for hydroxylation is 2. The molecule has 1 aromatic rings. The van der Waals surface area contributed by atoms with Gasteiger partial charge >= 0.3 is 0 Å². The van der Waals surface area contributed by atoms with E-state index < -0.39 is 0 Å². The van der Waals surface area contributed by atoms with Gasteiger partial charge in [0.25, 0.3) is 0 Å². The van der Waals surface area contributed by atoms with Crippen molar-refractivity contribution in [2.75, 3.05) is 0 Å². The molecule has 1 atom stereocenters. The van der Waals surface area contributed by atoms with E-state index in [9.17, 15) is 0 Å². The van der Waals surface area contributed by atoms with E-state index in [-0.39, 0.29) is 0 Å². The quantitative estimate of drug-likeness (QED) is 0.719. The number of nitrogens with zero attached hydrogens (tertiary/aromatic N) is 2. The first kappa shape index (κ1) is 15.2. The molecule has 0 aliphatic carbocycles. The Bertz CT molecular complexity index is 378. The molecule has 0 radical (unpaired) electrons. The second-order valence-corrected chi connectivity index (χ2v) is 7.46. The molecule has 0 saturated carbocycles. The average Bonchev–Trinajstić information content (AvgIpc) is 2.49. The van der Waals surface area contributed by atoms with Crippen LogP contribution in [0.1, 0.15) is 45.5 Å². The average molecular weight is 366 g/mol. The molecule has 4 heteroatoms. The Hall–Kier alpha value is 0.170. The smallest absolute Gasteiger partial charge is 0.0766 e.